The number of amides is 1. The van der Waals surface area contributed by atoms with Gasteiger partial charge in [-0.3, -0.25) is 4.79 Å². The monoisotopic (exact) mass is 127 g/mol. The number of hydrogen-bond donors (Lipinski definition) is 1. The van der Waals surface area contributed by atoms with Crippen LogP contribution >= 0.6 is 0 Å². The Labute approximate surface area is 53.6 Å². The van der Waals surface area contributed by atoms with Crippen molar-refractivity contribution >= 4 is 5.91 Å². The number of nitrogens with zero attached hydrogens (tertiary/aromatic N) is 1. The van der Waals surface area contributed by atoms with Gasteiger partial charge in [-0.25, -0.2) is 0 Å². The van der Waals surface area contributed by atoms with Crippen LogP contribution in [0.2, 0.25) is 0 Å². The maximum Gasteiger partial charge on any atom is 0.248 e. The van der Waals surface area contributed by atoms with Gasteiger partial charge in [-0.15, -0.1) is 0 Å². The minimum atomic E-state index is -0.164. The molecule has 1 aliphatic heterocycles. The normalized spacial score (nSPS) is 18.8. The number of carbonyl (C=O) groups excluding carboxylic acids is 1. The van der Waals surface area contributed by atoms with Crippen LogP contribution in [0.5, 0.6) is 0 Å². The molecule has 0 aromatic rings. The fourth-order valence-electron chi connectivity index (χ4n) is 0.771. The molecule has 0 unspecified atom stereocenters. The molecule has 0 saturated heterocycles. The van der Waals surface area contributed by atoms with Crippen molar-refractivity contribution in [2.75, 3.05) is 13.3 Å². The van der Waals surface area contributed by atoms with Crippen molar-refractivity contribution in [2.45, 2.75) is 6.42 Å². The molecule has 0 aromatic carbocycles. The SMILES string of the molecule is O=C1C=CCCN1CO. The van der Waals surface area contributed by atoms with Gasteiger partial charge in [0.2, 0.25) is 5.91 Å². The fourth-order valence-corrected chi connectivity index (χ4v) is 0.771. The molecule has 3 nitrogen and oxygen atoms in total. The van der Waals surface area contributed by atoms with Crippen LogP contribution in [0.25, 0.3) is 0 Å². The zero-order valence-corrected chi connectivity index (χ0v) is 5.08. The number of hydrogen-bond acceptors (Lipinski definition) is 2. The highest BCUT2D eigenvalue weighted by Crippen LogP contribution is 1.99. The number of carbonyl (C=O) groups is 1. The molecule has 1 amide bonds. The minimum Gasteiger partial charge on any atom is -0.376 e. The molecule has 50 valence electrons. The Morgan fingerprint density at radius 2 is 2.56 bits per heavy atom. The first-order chi connectivity index (χ1) is 4.34. The highest BCUT2D eigenvalue weighted by molar-refractivity contribution is 5.88. The van der Waals surface area contributed by atoms with Crippen LogP contribution < -0.4 is 0 Å². The van der Waals surface area contributed by atoms with Crippen molar-refractivity contribution in [1.29, 1.82) is 0 Å². The van der Waals surface area contributed by atoms with Crippen LogP contribution in [0, 0.1) is 0 Å². The quantitative estimate of drug-likeness (QED) is 0.526. The number of aliphatic hydroxyl groups excluding tert-OH is 1. The Balaban J connectivity index is 2.55. The molecule has 1 heterocycles. The van der Waals surface area contributed by atoms with Crippen LogP contribution in [0.15, 0.2) is 12.2 Å². The van der Waals surface area contributed by atoms with Gasteiger partial charge in [0.25, 0.3) is 0 Å². The average molecular weight is 127 g/mol. The molecule has 0 radical (unpaired) electrons. The van der Waals surface area contributed by atoms with Crippen LogP contribution in [0.1, 0.15) is 6.42 Å². The molecular formula is C6H9NO2. The van der Waals surface area contributed by atoms with Crippen molar-refractivity contribution in [1.82, 2.24) is 4.90 Å². The molecule has 0 aliphatic carbocycles. The van der Waals surface area contributed by atoms with E-state index in [-0.39, 0.29) is 12.6 Å². The maximum atomic E-state index is 10.7. The lowest BCUT2D eigenvalue weighted by Gasteiger charge is -2.19. The molecule has 0 atom stereocenters. The highest BCUT2D eigenvalue weighted by Gasteiger charge is 2.10. The van der Waals surface area contributed by atoms with E-state index in [9.17, 15) is 4.79 Å². The molecule has 0 saturated carbocycles. The van der Waals surface area contributed by atoms with Gasteiger partial charge in [0, 0.05) is 6.54 Å². The van der Waals surface area contributed by atoms with Crippen molar-refractivity contribution < 1.29 is 9.90 Å². The summed E-state index contributed by atoms with van der Waals surface area (Å²) in [6.07, 6.45) is 4.15. The molecule has 0 bridgehead atoms. The molecule has 1 N–H and O–H groups in total. The number of aliphatic hydroxyl groups is 1. The molecule has 9 heavy (non-hydrogen) atoms. The van der Waals surface area contributed by atoms with Crippen LogP contribution in [0.4, 0.5) is 0 Å². The second-order valence-corrected chi connectivity index (χ2v) is 1.93. The standard InChI is InChI=1S/C6H9NO2/c8-5-7-4-2-1-3-6(7)9/h1,3,8H,2,4-5H2. The summed E-state index contributed by atoms with van der Waals surface area (Å²) in [5.74, 6) is -0.0937. The maximum absolute atomic E-state index is 10.7. The minimum absolute atomic E-state index is 0.0937. The topological polar surface area (TPSA) is 40.5 Å². The zero-order chi connectivity index (χ0) is 6.69. The van der Waals surface area contributed by atoms with Gasteiger partial charge in [-0.1, -0.05) is 6.08 Å². The first-order valence-electron chi connectivity index (χ1n) is 2.91. The molecule has 3 heteroatoms. The molecule has 0 aromatic heterocycles. The summed E-state index contributed by atoms with van der Waals surface area (Å²) < 4.78 is 0. The first-order valence-corrected chi connectivity index (χ1v) is 2.91. The second kappa shape index (κ2) is 2.64. The summed E-state index contributed by atoms with van der Waals surface area (Å²) >= 11 is 0. The van der Waals surface area contributed by atoms with Gasteiger partial charge in [0.15, 0.2) is 0 Å². The van der Waals surface area contributed by atoms with E-state index in [1.807, 2.05) is 6.08 Å². The molecular weight excluding hydrogens is 118 g/mol. The van der Waals surface area contributed by atoms with E-state index in [0.29, 0.717) is 6.54 Å². The second-order valence-electron chi connectivity index (χ2n) is 1.93. The Bertz CT molecular complexity index is 142. The van der Waals surface area contributed by atoms with Gasteiger partial charge in [-0.2, -0.15) is 0 Å². The Hall–Kier alpha value is -0.830. The van der Waals surface area contributed by atoms with Crippen LogP contribution in [-0.4, -0.2) is 29.2 Å². The van der Waals surface area contributed by atoms with E-state index in [1.165, 1.54) is 11.0 Å². The lowest BCUT2D eigenvalue weighted by Crippen LogP contribution is -2.33. The lowest BCUT2D eigenvalue weighted by atomic mass is 10.2. The van der Waals surface area contributed by atoms with E-state index in [4.69, 9.17) is 5.11 Å². The predicted molar refractivity (Wildman–Crippen MR) is 32.6 cm³/mol. The molecule has 0 fully saturated rings. The highest BCUT2D eigenvalue weighted by atomic mass is 16.3. The van der Waals surface area contributed by atoms with E-state index < -0.39 is 0 Å². The summed E-state index contributed by atoms with van der Waals surface area (Å²) in [7, 11) is 0. The van der Waals surface area contributed by atoms with E-state index in [0.717, 1.165) is 6.42 Å². The third-order valence-electron chi connectivity index (χ3n) is 1.31. The van der Waals surface area contributed by atoms with Gasteiger partial charge in [0.1, 0.15) is 6.73 Å². The molecule has 1 aliphatic rings. The predicted octanol–water partition coefficient (Wildman–Crippen LogP) is -0.275. The van der Waals surface area contributed by atoms with Crippen LogP contribution in [0.3, 0.4) is 0 Å². The van der Waals surface area contributed by atoms with E-state index in [1.54, 1.807) is 0 Å². The van der Waals surface area contributed by atoms with Gasteiger partial charge in [0.05, 0.1) is 0 Å². The average Bonchev–Trinajstić information content (AvgIpc) is 1.89. The van der Waals surface area contributed by atoms with Crippen molar-refractivity contribution in [3.05, 3.63) is 12.2 Å². The number of rotatable bonds is 1. The molecule has 1 rings (SSSR count). The third-order valence-corrected chi connectivity index (χ3v) is 1.31. The van der Waals surface area contributed by atoms with Gasteiger partial charge in [-0.05, 0) is 12.5 Å². The largest absolute Gasteiger partial charge is 0.376 e. The van der Waals surface area contributed by atoms with Crippen molar-refractivity contribution in [3.8, 4) is 0 Å². The Morgan fingerprint density at radius 1 is 1.78 bits per heavy atom. The van der Waals surface area contributed by atoms with Gasteiger partial charge >= 0.3 is 0 Å². The Kier molecular flexibility index (Phi) is 1.85. The smallest absolute Gasteiger partial charge is 0.248 e. The Morgan fingerprint density at radius 3 is 3.00 bits per heavy atom. The summed E-state index contributed by atoms with van der Waals surface area (Å²) in [5, 5.41) is 8.53. The third kappa shape index (κ3) is 1.29. The van der Waals surface area contributed by atoms with E-state index in [2.05, 4.69) is 0 Å². The first kappa shape index (κ1) is 6.29. The summed E-state index contributed by atoms with van der Waals surface area (Å²) in [6.45, 7) is 0.481. The van der Waals surface area contributed by atoms with E-state index >= 15 is 0 Å². The summed E-state index contributed by atoms with van der Waals surface area (Å²) in [4.78, 5) is 12.1. The summed E-state index contributed by atoms with van der Waals surface area (Å²) in [5.41, 5.74) is 0. The lowest BCUT2D eigenvalue weighted by molar-refractivity contribution is -0.130. The van der Waals surface area contributed by atoms with Gasteiger partial charge < -0.3 is 10.0 Å². The zero-order valence-electron chi connectivity index (χ0n) is 5.08. The molecule has 0 spiro atoms. The van der Waals surface area contributed by atoms with Crippen molar-refractivity contribution in [2.24, 2.45) is 0 Å². The van der Waals surface area contributed by atoms with Crippen LogP contribution in [-0.2, 0) is 4.79 Å². The summed E-state index contributed by atoms with van der Waals surface area (Å²) in [6, 6.07) is 0. The van der Waals surface area contributed by atoms with Crippen molar-refractivity contribution in [3.63, 3.8) is 0 Å². The fraction of sp³-hybridized carbons (Fsp3) is 0.500.